The van der Waals surface area contributed by atoms with Crippen LogP contribution in [0.4, 0.5) is 10.5 Å². The fourth-order valence-electron chi connectivity index (χ4n) is 3.91. The van der Waals surface area contributed by atoms with Crippen molar-refractivity contribution >= 4 is 11.7 Å². The van der Waals surface area contributed by atoms with E-state index in [4.69, 9.17) is 4.74 Å². The maximum atomic E-state index is 12.4. The van der Waals surface area contributed by atoms with Gasteiger partial charge in [0.2, 0.25) is 0 Å². The van der Waals surface area contributed by atoms with E-state index in [0.717, 1.165) is 57.6 Å². The van der Waals surface area contributed by atoms with Crippen LogP contribution in [0.5, 0.6) is 0 Å². The molecule has 6 nitrogen and oxygen atoms in total. The monoisotopic (exact) mass is 316 g/mol. The number of nitrogens with zero attached hydrogens (tertiary/aromatic N) is 3. The van der Waals surface area contributed by atoms with E-state index >= 15 is 0 Å². The third kappa shape index (κ3) is 3.27. The van der Waals surface area contributed by atoms with Gasteiger partial charge in [-0.25, -0.2) is 4.79 Å². The van der Waals surface area contributed by atoms with E-state index in [1.807, 2.05) is 15.8 Å². The first-order valence-electron chi connectivity index (χ1n) is 8.63. The first kappa shape index (κ1) is 14.8. The average molecular weight is 316 g/mol. The van der Waals surface area contributed by atoms with Gasteiger partial charge in [-0.3, -0.25) is 4.68 Å². The molecule has 124 valence electrons. The minimum absolute atomic E-state index is 0.00364. The van der Waals surface area contributed by atoms with Crippen molar-refractivity contribution in [3.8, 4) is 0 Å². The van der Waals surface area contributed by atoms with Gasteiger partial charge in [0, 0.05) is 25.9 Å². The Kier molecular flexibility index (Phi) is 4.08. The second kappa shape index (κ2) is 6.35. The van der Waals surface area contributed by atoms with Crippen LogP contribution in [0, 0.1) is 11.8 Å². The van der Waals surface area contributed by atoms with Gasteiger partial charge < -0.3 is 15.0 Å². The van der Waals surface area contributed by atoms with Crippen molar-refractivity contribution in [2.24, 2.45) is 11.8 Å². The largest absolute Gasteiger partial charge is 0.376 e. The number of urea groups is 1. The Morgan fingerprint density at radius 3 is 2.78 bits per heavy atom. The number of carbonyl (C=O) groups is 1. The summed E-state index contributed by atoms with van der Waals surface area (Å²) in [6.07, 6.45) is 12.8. The van der Waals surface area contributed by atoms with Crippen molar-refractivity contribution in [1.82, 2.24) is 14.7 Å². The number of fused-ring (bicyclic) bond motifs is 1. The van der Waals surface area contributed by atoms with Crippen molar-refractivity contribution in [1.29, 1.82) is 0 Å². The van der Waals surface area contributed by atoms with Crippen LogP contribution >= 0.6 is 0 Å². The maximum Gasteiger partial charge on any atom is 0.321 e. The van der Waals surface area contributed by atoms with Crippen LogP contribution < -0.4 is 5.32 Å². The topological polar surface area (TPSA) is 59.4 Å². The van der Waals surface area contributed by atoms with Crippen molar-refractivity contribution in [3.63, 3.8) is 0 Å². The van der Waals surface area contributed by atoms with Gasteiger partial charge in [-0.15, -0.1) is 0 Å². The van der Waals surface area contributed by atoms with Crippen LogP contribution in [0.2, 0.25) is 0 Å². The Morgan fingerprint density at radius 1 is 1.30 bits per heavy atom. The van der Waals surface area contributed by atoms with Gasteiger partial charge in [-0.1, -0.05) is 12.2 Å². The molecule has 0 radical (unpaired) electrons. The van der Waals surface area contributed by atoms with Crippen molar-refractivity contribution in [2.45, 2.75) is 38.3 Å². The number of likely N-dealkylation sites (tertiary alicyclic amines) is 1. The zero-order valence-electron chi connectivity index (χ0n) is 13.4. The number of aromatic nitrogens is 2. The van der Waals surface area contributed by atoms with Crippen LogP contribution in [0.1, 0.15) is 25.7 Å². The van der Waals surface area contributed by atoms with E-state index in [-0.39, 0.29) is 12.1 Å². The standard InChI is InChI=1S/C17H24N4O2/c22-17(20-9-13-4-1-2-5-14(13)10-20)19-15-8-18-21(11-15)12-16-6-3-7-23-16/h1-2,8,11,13-14,16H,3-7,9-10,12H2,(H,19,22)/t13-,14+,16-/m0/s1. The third-order valence-corrected chi connectivity index (χ3v) is 5.21. The number of rotatable bonds is 3. The summed E-state index contributed by atoms with van der Waals surface area (Å²) in [4.78, 5) is 14.4. The highest BCUT2D eigenvalue weighted by Crippen LogP contribution is 2.32. The van der Waals surface area contributed by atoms with Crippen LogP contribution in [0.15, 0.2) is 24.5 Å². The minimum atomic E-state index is -0.00364. The maximum absolute atomic E-state index is 12.4. The van der Waals surface area contributed by atoms with Gasteiger partial charge in [-0.05, 0) is 37.5 Å². The normalized spacial score (nSPS) is 29.7. The Morgan fingerprint density at radius 2 is 2.09 bits per heavy atom. The lowest BCUT2D eigenvalue weighted by atomic mass is 9.86. The van der Waals surface area contributed by atoms with Gasteiger partial charge in [0.15, 0.2) is 0 Å². The lowest BCUT2D eigenvalue weighted by molar-refractivity contribution is 0.0940. The zero-order chi connectivity index (χ0) is 15.6. The molecule has 3 atom stereocenters. The summed E-state index contributed by atoms with van der Waals surface area (Å²) in [6.45, 7) is 3.34. The quantitative estimate of drug-likeness (QED) is 0.872. The predicted octanol–water partition coefficient (Wildman–Crippen LogP) is 2.49. The Labute approximate surface area is 136 Å². The van der Waals surface area contributed by atoms with Crippen LogP contribution in [-0.2, 0) is 11.3 Å². The summed E-state index contributed by atoms with van der Waals surface area (Å²) in [5.41, 5.74) is 0.765. The Bertz CT molecular complexity index is 575. The van der Waals surface area contributed by atoms with E-state index in [2.05, 4.69) is 22.6 Å². The molecule has 2 fully saturated rings. The van der Waals surface area contributed by atoms with Gasteiger partial charge in [0.25, 0.3) is 0 Å². The fourth-order valence-corrected chi connectivity index (χ4v) is 3.91. The Balaban J connectivity index is 1.31. The highest BCUT2D eigenvalue weighted by molar-refractivity contribution is 5.89. The average Bonchev–Trinajstić information content (AvgIpc) is 3.28. The molecule has 2 amide bonds. The van der Waals surface area contributed by atoms with Crippen molar-refractivity contribution < 1.29 is 9.53 Å². The van der Waals surface area contributed by atoms with Gasteiger partial charge in [0.05, 0.1) is 24.5 Å². The molecule has 1 aliphatic carbocycles. The van der Waals surface area contributed by atoms with Gasteiger partial charge in [0.1, 0.15) is 0 Å². The number of amides is 2. The summed E-state index contributed by atoms with van der Waals surface area (Å²) < 4.78 is 7.48. The second-order valence-electron chi connectivity index (χ2n) is 6.88. The first-order chi connectivity index (χ1) is 11.3. The molecule has 0 spiro atoms. The van der Waals surface area contributed by atoms with E-state index in [1.54, 1.807) is 6.20 Å². The molecule has 1 aromatic rings. The molecule has 0 saturated carbocycles. The Hall–Kier alpha value is -1.82. The summed E-state index contributed by atoms with van der Waals surface area (Å²) in [6, 6.07) is -0.00364. The molecule has 3 heterocycles. The number of hydrogen-bond donors (Lipinski definition) is 1. The number of ether oxygens (including phenoxy) is 1. The molecular weight excluding hydrogens is 292 g/mol. The fraction of sp³-hybridized carbons (Fsp3) is 0.647. The highest BCUT2D eigenvalue weighted by Gasteiger charge is 2.35. The van der Waals surface area contributed by atoms with Crippen LogP contribution in [-0.4, -0.2) is 46.5 Å². The second-order valence-corrected chi connectivity index (χ2v) is 6.88. The van der Waals surface area contributed by atoms with Crippen LogP contribution in [0.3, 0.4) is 0 Å². The van der Waals surface area contributed by atoms with Crippen molar-refractivity contribution in [3.05, 3.63) is 24.5 Å². The molecule has 1 N–H and O–H groups in total. The lowest BCUT2D eigenvalue weighted by Crippen LogP contribution is -2.33. The summed E-state index contributed by atoms with van der Waals surface area (Å²) >= 11 is 0. The SMILES string of the molecule is O=C(Nc1cnn(C[C@@H]2CCCO2)c1)N1C[C@H]2CC=CC[C@H]2C1. The molecular formula is C17H24N4O2. The summed E-state index contributed by atoms with van der Waals surface area (Å²) in [5.74, 6) is 1.26. The van der Waals surface area contributed by atoms with Gasteiger partial charge in [-0.2, -0.15) is 5.10 Å². The molecule has 0 unspecified atom stereocenters. The first-order valence-corrected chi connectivity index (χ1v) is 8.63. The lowest BCUT2D eigenvalue weighted by Gasteiger charge is -2.17. The molecule has 2 aliphatic heterocycles. The van der Waals surface area contributed by atoms with E-state index < -0.39 is 0 Å². The van der Waals surface area contributed by atoms with Gasteiger partial charge >= 0.3 is 6.03 Å². The molecule has 23 heavy (non-hydrogen) atoms. The smallest absolute Gasteiger partial charge is 0.321 e. The summed E-state index contributed by atoms with van der Waals surface area (Å²) in [5, 5.41) is 7.31. The zero-order valence-corrected chi connectivity index (χ0v) is 13.4. The molecule has 3 aliphatic rings. The highest BCUT2D eigenvalue weighted by atomic mass is 16.5. The summed E-state index contributed by atoms with van der Waals surface area (Å²) in [7, 11) is 0. The van der Waals surface area contributed by atoms with E-state index in [0.29, 0.717) is 11.8 Å². The van der Waals surface area contributed by atoms with E-state index in [9.17, 15) is 4.79 Å². The number of nitrogens with one attached hydrogen (secondary N) is 1. The number of hydrogen-bond acceptors (Lipinski definition) is 3. The molecule has 0 bridgehead atoms. The van der Waals surface area contributed by atoms with E-state index in [1.165, 1.54) is 0 Å². The molecule has 2 saturated heterocycles. The molecule has 6 heteroatoms. The molecule has 4 rings (SSSR count). The van der Waals surface area contributed by atoms with Crippen LogP contribution in [0.25, 0.3) is 0 Å². The third-order valence-electron chi connectivity index (χ3n) is 5.21. The molecule has 0 aromatic carbocycles. The number of allylic oxidation sites excluding steroid dienone is 2. The number of carbonyl (C=O) groups excluding carboxylic acids is 1. The molecule has 1 aromatic heterocycles. The minimum Gasteiger partial charge on any atom is -0.376 e. The number of anilines is 1. The van der Waals surface area contributed by atoms with Crippen molar-refractivity contribution in [2.75, 3.05) is 25.0 Å². The predicted molar refractivity (Wildman–Crippen MR) is 87.1 cm³/mol.